The molecule has 9 aromatic rings. The number of nitrogens with zero attached hydrogens (tertiary/aromatic N) is 2. The first-order chi connectivity index (χ1) is 26.3. The summed E-state index contributed by atoms with van der Waals surface area (Å²) in [5, 5.41) is 2.56. The molecule has 0 fully saturated rings. The van der Waals surface area contributed by atoms with Crippen LogP contribution < -0.4 is 4.90 Å². The largest absolute Gasteiger partial charge is 0.311 e. The lowest BCUT2D eigenvalue weighted by Crippen LogP contribution is -2.09. The second kappa shape index (κ2) is 13.2. The molecule has 1 aromatic heterocycles. The van der Waals surface area contributed by atoms with Gasteiger partial charge in [0.1, 0.15) is 0 Å². The van der Waals surface area contributed by atoms with E-state index in [1.165, 1.54) is 66.4 Å². The van der Waals surface area contributed by atoms with Gasteiger partial charge in [-0.15, -0.1) is 0 Å². The van der Waals surface area contributed by atoms with Crippen LogP contribution in [0.2, 0.25) is 0 Å². The van der Waals surface area contributed by atoms with Crippen molar-refractivity contribution in [2.24, 2.45) is 0 Å². The summed E-state index contributed by atoms with van der Waals surface area (Å²) in [4.78, 5) is 2.32. The van der Waals surface area contributed by atoms with E-state index in [-0.39, 0.29) is 0 Å². The average Bonchev–Trinajstić information content (AvgIpc) is 3.73. The number of para-hydroxylation sites is 4. The third-order valence-corrected chi connectivity index (χ3v) is 11.0. The van der Waals surface area contributed by atoms with Crippen LogP contribution >= 0.6 is 0 Å². The standard InChI is InChI=1S/C51H38N2/c1-4-14-39(15-5-1)52(40-16-6-2-7-17-40)42-29-24-36(25-30-42)26-31-45-43-20-10-11-21-44(43)48-34-37(27-32-46(45)48)38-28-33-51-49(35-38)47-22-12-13-23-50(47)53(51)41-18-8-3-9-19-41/h1-25,27-30,32-35,45H,26,31H2. The predicted octanol–water partition coefficient (Wildman–Crippen LogP) is 13.7. The molecule has 53 heavy (non-hydrogen) atoms. The highest BCUT2D eigenvalue weighted by atomic mass is 15.1. The van der Waals surface area contributed by atoms with Crippen molar-refractivity contribution < 1.29 is 0 Å². The van der Waals surface area contributed by atoms with Crippen LogP contribution in [0.15, 0.2) is 200 Å². The van der Waals surface area contributed by atoms with Gasteiger partial charge in [0.2, 0.25) is 0 Å². The molecule has 0 aliphatic heterocycles. The van der Waals surface area contributed by atoms with Crippen molar-refractivity contribution in [1.29, 1.82) is 0 Å². The van der Waals surface area contributed by atoms with Crippen LogP contribution in [0.25, 0.3) is 49.7 Å². The Morgan fingerprint density at radius 2 is 0.981 bits per heavy atom. The molecule has 2 nitrogen and oxygen atoms in total. The second-order valence-corrected chi connectivity index (χ2v) is 14.1. The molecular formula is C51H38N2. The lowest BCUT2D eigenvalue weighted by molar-refractivity contribution is 0.729. The maximum atomic E-state index is 2.43. The zero-order valence-electron chi connectivity index (χ0n) is 29.4. The van der Waals surface area contributed by atoms with Gasteiger partial charge in [0.25, 0.3) is 0 Å². The molecule has 0 saturated carbocycles. The average molecular weight is 679 g/mol. The van der Waals surface area contributed by atoms with Crippen LogP contribution in [0.1, 0.15) is 29.0 Å². The van der Waals surface area contributed by atoms with E-state index in [4.69, 9.17) is 0 Å². The Morgan fingerprint density at radius 3 is 1.74 bits per heavy atom. The Kier molecular flexibility index (Phi) is 7.73. The third-order valence-electron chi connectivity index (χ3n) is 11.0. The molecule has 0 N–H and O–H groups in total. The van der Waals surface area contributed by atoms with Crippen molar-refractivity contribution in [3.05, 3.63) is 217 Å². The lowest BCUT2D eigenvalue weighted by atomic mass is 9.89. The van der Waals surface area contributed by atoms with Gasteiger partial charge in [-0.3, -0.25) is 0 Å². The SMILES string of the molecule is c1ccc(N(c2ccccc2)c2ccc(CCC3c4ccccc4-c4cc(-c5ccc6c(c5)c5ccccc5n6-c5ccccc5)ccc43)cc2)cc1. The Morgan fingerprint density at radius 1 is 0.415 bits per heavy atom. The molecule has 2 heteroatoms. The van der Waals surface area contributed by atoms with Crippen LogP contribution in [-0.2, 0) is 6.42 Å². The molecule has 1 aliphatic carbocycles. The van der Waals surface area contributed by atoms with E-state index < -0.39 is 0 Å². The topological polar surface area (TPSA) is 8.17 Å². The molecule has 1 aliphatic rings. The minimum atomic E-state index is 0.367. The fraction of sp³-hybridized carbons (Fsp3) is 0.0588. The van der Waals surface area contributed by atoms with Gasteiger partial charge in [0.15, 0.2) is 0 Å². The normalized spacial score (nSPS) is 13.2. The summed E-state index contributed by atoms with van der Waals surface area (Å²) in [6.45, 7) is 0. The van der Waals surface area contributed by atoms with E-state index in [9.17, 15) is 0 Å². The fourth-order valence-corrected chi connectivity index (χ4v) is 8.53. The summed E-state index contributed by atoms with van der Waals surface area (Å²) >= 11 is 0. The minimum Gasteiger partial charge on any atom is -0.311 e. The Balaban J connectivity index is 0.954. The van der Waals surface area contributed by atoms with Crippen molar-refractivity contribution in [2.45, 2.75) is 18.8 Å². The summed E-state index contributed by atoms with van der Waals surface area (Å²) in [6, 6.07) is 73.0. The zero-order valence-corrected chi connectivity index (χ0v) is 29.4. The minimum absolute atomic E-state index is 0.367. The van der Waals surface area contributed by atoms with Gasteiger partial charge in [-0.25, -0.2) is 0 Å². The first kappa shape index (κ1) is 31.1. The molecule has 8 aromatic carbocycles. The van der Waals surface area contributed by atoms with E-state index in [0.29, 0.717) is 5.92 Å². The van der Waals surface area contributed by atoms with Crippen molar-refractivity contribution in [3.8, 4) is 27.9 Å². The van der Waals surface area contributed by atoms with Crippen LogP contribution in [-0.4, -0.2) is 4.57 Å². The monoisotopic (exact) mass is 678 g/mol. The molecule has 1 heterocycles. The molecule has 1 atom stereocenters. The Labute approximate surface area is 310 Å². The van der Waals surface area contributed by atoms with Gasteiger partial charge in [0.05, 0.1) is 11.0 Å². The molecule has 0 amide bonds. The quantitative estimate of drug-likeness (QED) is 0.155. The molecule has 1 unspecified atom stereocenters. The van der Waals surface area contributed by atoms with Gasteiger partial charge < -0.3 is 9.47 Å². The van der Waals surface area contributed by atoms with Crippen LogP contribution in [0.3, 0.4) is 0 Å². The van der Waals surface area contributed by atoms with Crippen LogP contribution in [0, 0.1) is 0 Å². The lowest BCUT2D eigenvalue weighted by Gasteiger charge is -2.25. The molecule has 0 saturated heterocycles. The zero-order chi connectivity index (χ0) is 35.1. The van der Waals surface area contributed by atoms with Gasteiger partial charge in [-0.05, 0) is 125 Å². The number of rotatable bonds is 8. The molecular weight excluding hydrogens is 641 g/mol. The fourth-order valence-electron chi connectivity index (χ4n) is 8.53. The van der Waals surface area contributed by atoms with Crippen molar-refractivity contribution in [1.82, 2.24) is 4.57 Å². The van der Waals surface area contributed by atoms with E-state index >= 15 is 0 Å². The first-order valence-electron chi connectivity index (χ1n) is 18.6. The van der Waals surface area contributed by atoms with Crippen molar-refractivity contribution in [2.75, 3.05) is 4.90 Å². The van der Waals surface area contributed by atoms with Crippen molar-refractivity contribution >= 4 is 38.9 Å². The van der Waals surface area contributed by atoms with Gasteiger partial charge >= 0.3 is 0 Å². The highest BCUT2D eigenvalue weighted by Gasteiger charge is 2.28. The number of aryl methyl sites for hydroxylation is 1. The van der Waals surface area contributed by atoms with E-state index in [1.807, 2.05) is 0 Å². The number of fused-ring (bicyclic) bond motifs is 6. The summed E-state index contributed by atoms with van der Waals surface area (Å²) in [5.41, 5.74) is 16.6. The summed E-state index contributed by atoms with van der Waals surface area (Å²) in [6.07, 6.45) is 2.08. The molecule has 10 rings (SSSR count). The predicted molar refractivity (Wildman–Crippen MR) is 223 cm³/mol. The molecule has 252 valence electrons. The molecule has 0 spiro atoms. The van der Waals surface area contributed by atoms with Crippen LogP contribution in [0.4, 0.5) is 17.1 Å². The smallest absolute Gasteiger partial charge is 0.0541 e. The summed E-state index contributed by atoms with van der Waals surface area (Å²) in [5.74, 6) is 0.367. The van der Waals surface area contributed by atoms with Crippen LogP contribution in [0.5, 0.6) is 0 Å². The maximum absolute atomic E-state index is 2.43. The number of benzene rings is 8. The Bertz CT molecular complexity index is 2670. The van der Waals surface area contributed by atoms with Gasteiger partial charge in [-0.2, -0.15) is 0 Å². The Hall–Kier alpha value is -6.64. The first-order valence-corrected chi connectivity index (χ1v) is 18.6. The van der Waals surface area contributed by atoms with Crippen molar-refractivity contribution in [3.63, 3.8) is 0 Å². The summed E-state index contributed by atoms with van der Waals surface area (Å²) in [7, 11) is 0. The van der Waals surface area contributed by atoms with Gasteiger partial charge in [0, 0.05) is 39.4 Å². The summed E-state index contributed by atoms with van der Waals surface area (Å²) < 4.78 is 2.38. The number of hydrogen-bond acceptors (Lipinski definition) is 1. The highest BCUT2D eigenvalue weighted by molar-refractivity contribution is 6.10. The van der Waals surface area contributed by atoms with E-state index in [0.717, 1.165) is 29.9 Å². The number of anilines is 3. The highest BCUT2D eigenvalue weighted by Crippen LogP contribution is 2.48. The second-order valence-electron chi connectivity index (χ2n) is 14.1. The number of aromatic nitrogens is 1. The third kappa shape index (κ3) is 5.51. The molecule has 0 radical (unpaired) electrons. The molecule has 0 bridgehead atoms. The maximum Gasteiger partial charge on any atom is 0.0541 e. The van der Waals surface area contributed by atoms with E-state index in [2.05, 4.69) is 210 Å². The van der Waals surface area contributed by atoms with E-state index in [1.54, 1.807) is 0 Å². The van der Waals surface area contributed by atoms with Gasteiger partial charge in [-0.1, -0.05) is 127 Å². The number of hydrogen-bond donors (Lipinski definition) is 0.